The van der Waals surface area contributed by atoms with Gasteiger partial charge in [0, 0.05) is 4.47 Å². The van der Waals surface area contributed by atoms with E-state index in [2.05, 4.69) is 35.8 Å². The Hall–Kier alpha value is -1.94. The van der Waals surface area contributed by atoms with Crippen molar-refractivity contribution in [3.8, 4) is 5.69 Å². The highest BCUT2D eigenvalue weighted by Crippen LogP contribution is 2.40. The Morgan fingerprint density at radius 1 is 1.14 bits per heavy atom. The molecule has 0 spiro atoms. The number of fused-ring (bicyclic) bond motifs is 4. The van der Waals surface area contributed by atoms with Crippen LogP contribution >= 0.6 is 15.9 Å². The van der Waals surface area contributed by atoms with Crippen LogP contribution in [0, 0.1) is 0 Å². The number of hydrogen-bond donors (Lipinski definition) is 0. The Morgan fingerprint density at radius 3 is 2.71 bits per heavy atom. The van der Waals surface area contributed by atoms with Gasteiger partial charge in [-0.05, 0) is 43.7 Å². The molecule has 4 rings (SSSR count). The van der Waals surface area contributed by atoms with Gasteiger partial charge in [0.1, 0.15) is 5.82 Å². The molecule has 0 bridgehead atoms. The molecule has 3 nitrogen and oxygen atoms in total. The summed E-state index contributed by atoms with van der Waals surface area (Å²) in [5.41, 5.74) is 2.56. The van der Waals surface area contributed by atoms with E-state index in [0.717, 1.165) is 27.1 Å². The Morgan fingerprint density at radius 2 is 1.90 bits per heavy atom. The number of para-hydroxylation sites is 1. The zero-order chi connectivity index (χ0) is 14.8. The van der Waals surface area contributed by atoms with E-state index in [0.29, 0.717) is 5.39 Å². The van der Waals surface area contributed by atoms with Crippen LogP contribution < -0.4 is 5.56 Å². The van der Waals surface area contributed by atoms with Gasteiger partial charge >= 0.3 is 0 Å². The van der Waals surface area contributed by atoms with Crippen molar-refractivity contribution in [2.24, 2.45) is 0 Å². The molecule has 0 atom stereocenters. The van der Waals surface area contributed by atoms with Crippen LogP contribution in [-0.2, 0) is 5.41 Å². The molecule has 0 saturated heterocycles. The highest BCUT2D eigenvalue weighted by Gasteiger charge is 2.38. The van der Waals surface area contributed by atoms with Gasteiger partial charge in [-0.1, -0.05) is 34.1 Å². The molecule has 2 aromatic carbocycles. The maximum Gasteiger partial charge on any atom is 0.266 e. The van der Waals surface area contributed by atoms with Crippen molar-refractivity contribution in [2.45, 2.75) is 19.3 Å². The van der Waals surface area contributed by atoms with Crippen LogP contribution in [0.2, 0.25) is 0 Å². The monoisotopic (exact) mass is 340 g/mol. The second-order valence-electron chi connectivity index (χ2n) is 5.88. The summed E-state index contributed by atoms with van der Waals surface area (Å²) in [5.74, 6) is 0.809. The minimum absolute atomic E-state index is 0.00525. The average Bonchev–Trinajstić information content (AvgIpc) is 2.69. The van der Waals surface area contributed by atoms with Crippen LogP contribution in [0.1, 0.15) is 25.2 Å². The summed E-state index contributed by atoms with van der Waals surface area (Å²) in [4.78, 5) is 17.7. The van der Waals surface area contributed by atoms with E-state index in [1.807, 2.05) is 36.4 Å². The van der Waals surface area contributed by atoms with Gasteiger partial charge in [-0.15, -0.1) is 0 Å². The van der Waals surface area contributed by atoms with E-state index in [-0.39, 0.29) is 11.0 Å². The molecule has 0 saturated carbocycles. The van der Waals surface area contributed by atoms with Gasteiger partial charge in [0.2, 0.25) is 0 Å². The van der Waals surface area contributed by atoms with Crippen LogP contribution in [0.5, 0.6) is 0 Å². The first kappa shape index (κ1) is 12.8. The van der Waals surface area contributed by atoms with E-state index in [1.165, 1.54) is 0 Å². The minimum Gasteiger partial charge on any atom is -0.268 e. The first-order valence-corrected chi connectivity index (χ1v) is 7.62. The standard InChI is InChI=1S/C17H13BrN2O/c1-17(2)12-5-3-4-6-14(12)20-15(21)11-9-10(18)7-8-13(11)19-16(17)20/h3-9H,1-2H3. The van der Waals surface area contributed by atoms with Crippen LogP contribution in [-0.4, -0.2) is 9.55 Å². The van der Waals surface area contributed by atoms with Crippen molar-refractivity contribution in [2.75, 3.05) is 0 Å². The van der Waals surface area contributed by atoms with E-state index in [1.54, 1.807) is 4.57 Å². The molecule has 0 radical (unpaired) electrons. The number of nitrogens with zero attached hydrogens (tertiary/aromatic N) is 2. The van der Waals surface area contributed by atoms with Crippen molar-refractivity contribution < 1.29 is 0 Å². The molecule has 0 aliphatic carbocycles. The molecular weight excluding hydrogens is 328 g/mol. The van der Waals surface area contributed by atoms with Crippen molar-refractivity contribution in [3.63, 3.8) is 0 Å². The van der Waals surface area contributed by atoms with Crippen molar-refractivity contribution >= 4 is 26.8 Å². The Kier molecular flexibility index (Phi) is 2.46. The molecule has 104 valence electrons. The summed E-state index contributed by atoms with van der Waals surface area (Å²) < 4.78 is 2.64. The summed E-state index contributed by atoms with van der Waals surface area (Å²) in [6.45, 7) is 4.23. The number of hydrogen-bond acceptors (Lipinski definition) is 2. The fourth-order valence-corrected chi connectivity index (χ4v) is 3.48. The fourth-order valence-electron chi connectivity index (χ4n) is 3.12. The zero-order valence-corrected chi connectivity index (χ0v) is 13.3. The minimum atomic E-state index is -0.267. The maximum absolute atomic E-state index is 12.9. The predicted molar refractivity (Wildman–Crippen MR) is 87.2 cm³/mol. The topological polar surface area (TPSA) is 34.9 Å². The SMILES string of the molecule is CC1(C)c2ccccc2-n2c1nc1ccc(Br)cc1c2=O. The number of aromatic nitrogens is 2. The number of rotatable bonds is 0. The summed E-state index contributed by atoms with van der Waals surface area (Å²) in [5, 5.41) is 0.639. The quantitative estimate of drug-likeness (QED) is 0.624. The number of benzene rings is 2. The van der Waals surface area contributed by atoms with E-state index in [4.69, 9.17) is 4.98 Å². The van der Waals surface area contributed by atoms with Crippen LogP contribution in [0.3, 0.4) is 0 Å². The molecule has 0 fully saturated rings. The van der Waals surface area contributed by atoms with Crippen LogP contribution in [0.25, 0.3) is 16.6 Å². The molecule has 3 aromatic rings. The summed E-state index contributed by atoms with van der Waals surface area (Å²) in [6.07, 6.45) is 0. The molecule has 21 heavy (non-hydrogen) atoms. The van der Waals surface area contributed by atoms with Crippen LogP contribution in [0.15, 0.2) is 51.7 Å². The van der Waals surface area contributed by atoms with Crippen molar-refractivity contribution in [3.05, 3.63) is 68.7 Å². The Balaban J connectivity index is 2.22. The van der Waals surface area contributed by atoms with Gasteiger partial charge in [-0.25, -0.2) is 4.98 Å². The lowest BCUT2D eigenvalue weighted by molar-refractivity contribution is 0.610. The largest absolute Gasteiger partial charge is 0.268 e. The molecule has 1 aromatic heterocycles. The normalized spacial score (nSPS) is 15.0. The van der Waals surface area contributed by atoms with Crippen LogP contribution in [0.4, 0.5) is 0 Å². The predicted octanol–water partition coefficient (Wildman–Crippen LogP) is 3.79. The van der Waals surface area contributed by atoms with Gasteiger partial charge in [-0.2, -0.15) is 0 Å². The molecule has 4 heteroatoms. The third kappa shape index (κ3) is 1.59. The zero-order valence-electron chi connectivity index (χ0n) is 11.7. The molecule has 0 amide bonds. The summed E-state index contributed by atoms with van der Waals surface area (Å²) in [6, 6.07) is 13.7. The molecule has 1 aliphatic rings. The van der Waals surface area contributed by atoms with Gasteiger partial charge in [-0.3, -0.25) is 9.36 Å². The van der Waals surface area contributed by atoms with Crippen molar-refractivity contribution in [1.29, 1.82) is 0 Å². The van der Waals surface area contributed by atoms with E-state index < -0.39 is 0 Å². The van der Waals surface area contributed by atoms with Gasteiger partial charge in [0.15, 0.2) is 0 Å². The lowest BCUT2D eigenvalue weighted by Crippen LogP contribution is -2.25. The average molecular weight is 341 g/mol. The maximum atomic E-state index is 12.9. The van der Waals surface area contributed by atoms with Crippen molar-refractivity contribution in [1.82, 2.24) is 9.55 Å². The lowest BCUT2D eigenvalue weighted by Gasteiger charge is -2.18. The molecule has 0 unspecified atom stereocenters. The highest BCUT2D eigenvalue weighted by atomic mass is 79.9. The lowest BCUT2D eigenvalue weighted by atomic mass is 9.85. The summed E-state index contributed by atoms with van der Waals surface area (Å²) in [7, 11) is 0. The molecule has 2 heterocycles. The van der Waals surface area contributed by atoms with E-state index in [9.17, 15) is 4.79 Å². The first-order chi connectivity index (χ1) is 10.00. The Bertz CT molecular complexity index is 957. The molecular formula is C17H13BrN2O. The molecule has 0 N–H and O–H groups in total. The van der Waals surface area contributed by atoms with E-state index >= 15 is 0 Å². The van der Waals surface area contributed by atoms with Gasteiger partial charge < -0.3 is 0 Å². The highest BCUT2D eigenvalue weighted by molar-refractivity contribution is 9.10. The third-order valence-corrected chi connectivity index (χ3v) is 4.70. The number of halogens is 1. The molecule has 1 aliphatic heterocycles. The fraction of sp³-hybridized carbons (Fsp3) is 0.176. The summed E-state index contributed by atoms with van der Waals surface area (Å²) >= 11 is 3.43. The third-order valence-electron chi connectivity index (χ3n) is 4.21. The second kappa shape index (κ2) is 4.04. The van der Waals surface area contributed by atoms with Gasteiger partial charge in [0.25, 0.3) is 5.56 Å². The second-order valence-corrected chi connectivity index (χ2v) is 6.80. The van der Waals surface area contributed by atoms with Gasteiger partial charge in [0.05, 0.1) is 22.0 Å². The Labute approximate surface area is 130 Å². The first-order valence-electron chi connectivity index (χ1n) is 6.83. The smallest absolute Gasteiger partial charge is 0.266 e.